The Bertz CT molecular complexity index is 554. The summed E-state index contributed by atoms with van der Waals surface area (Å²) in [4.78, 5) is 23.5. The molecule has 6 heteroatoms. The molecule has 0 saturated carbocycles. The van der Waals surface area contributed by atoms with Crippen molar-refractivity contribution in [2.75, 3.05) is 24.6 Å². The molecular formula is C17H28N4O2. The zero-order valence-corrected chi connectivity index (χ0v) is 14.8. The van der Waals surface area contributed by atoms with E-state index in [1.54, 1.807) is 0 Å². The van der Waals surface area contributed by atoms with Crippen molar-refractivity contribution in [3.63, 3.8) is 0 Å². The summed E-state index contributed by atoms with van der Waals surface area (Å²) in [6.07, 6.45) is 1.87. The molecule has 0 aliphatic carbocycles. The van der Waals surface area contributed by atoms with E-state index in [1.165, 1.54) is 0 Å². The highest BCUT2D eigenvalue weighted by Gasteiger charge is 2.29. The van der Waals surface area contributed by atoms with Crippen LogP contribution in [0.4, 0.5) is 5.95 Å². The minimum absolute atomic E-state index is 0.0253. The summed E-state index contributed by atoms with van der Waals surface area (Å²) in [5.74, 6) is 1.33. The number of hydrogen-bond acceptors (Lipinski definition) is 5. The normalized spacial score (nSPS) is 18.7. The van der Waals surface area contributed by atoms with Crippen LogP contribution in [0.5, 0.6) is 5.88 Å². The fraction of sp³-hybridized carbons (Fsp3) is 0.706. The first kappa shape index (κ1) is 17.5. The van der Waals surface area contributed by atoms with Crippen LogP contribution in [-0.4, -0.2) is 41.1 Å². The second-order valence-electron chi connectivity index (χ2n) is 7.10. The van der Waals surface area contributed by atoms with E-state index in [9.17, 15) is 4.79 Å². The summed E-state index contributed by atoms with van der Waals surface area (Å²) in [7, 11) is 0. The van der Waals surface area contributed by atoms with Crippen LogP contribution in [0.1, 0.15) is 46.2 Å². The third-order valence-electron chi connectivity index (χ3n) is 3.68. The standard InChI is InChI=1S/C17H28N4O2/c1-6-23-14-10-12(2)18-16(19-14)21-9-7-8-13(11-21)15(22)20-17(3,4)5/h10,13H,6-9,11H2,1-5H3,(H,20,22)/t13-/m0/s1. The van der Waals surface area contributed by atoms with Gasteiger partial charge in [0.05, 0.1) is 12.5 Å². The lowest BCUT2D eigenvalue weighted by Crippen LogP contribution is -2.49. The van der Waals surface area contributed by atoms with Crippen LogP contribution >= 0.6 is 0 Å². The van der Waals surface area contributed by atoms with Crippen LogP contribution in [0.2, 0.25) is 0 Å². The predicted molar refractivity (Wildman–Crippen MR) is 90.8 cm³/mol. The van der Waals surface area contributed by atoms with Crippen molar-refractivity contribution in [1.29, 1.82) is 0 Å². The van der Waals surface area contributed by atoms with Gasteiger partial charge < -0.3 is 15.0 Å². The summed E-state index contributed by atoms with van der Waals surface area (Å²) in [6, 6.07) is 1.83. The third kappa shape index (κ3) is 5.08. The van der Waals surface area contributed by atoms with E-state index in [0.29, 0.717) is 25.0 Å². The zero-order valence-electron chi connectivity index (χ0n) is 14.8. The van der Waals surface area contributed by atoms with Gasteiger partial charge in [0.15, 0.2) is 0 Å². The van der Waals surface area contributed by atoms with Gasteiger partial charge in [0.2, 0.25) is 17.7 Å². The average Bonchev–Trinajstić information content (AvgIpc) is 2.45. The van der Waals surface area contributed by atoms with E-state index in [-0.39, 0.29) is 17.4 Å². The molecule has 1 atom stereocenters. The van der Waals surface area contributed by atoms with Gasteiger partial charge in [-0.05, 0) is 47.5 Å². The largest absolute Gasteiger partial charge is 0.478 e. The second kappa shape index (κ2) is 7.15. The number of amides is 1. The number of carbonyl (C=O) groups excluding carboxylic acids is 1. The topological polar surface area (TPSA) is 67.3 Å². The molecule has 23 heavy (non-hydrogen) atoms. The molecule has 1 saturated heterocycles. The Labute approximate surface area is 138 Å². The number of aromatic nitrogens is 2. The molecule has 1 amide bonds. The minimum atomic E-state index is -0.207. The number of hydrogen-bond donors (Lipinski definition) is 1. The van der Waals surface area contributed by atoms with Crippen LogP contribution in [0, 0.1) is 12.8 Å². The van der Waals surface area contributed by atoms with E-state index in [4.69, 9.17) is 4.74 Å². The Morgan fingerprint density at radius 3 is 2.83 bits per heavy atom. The molecule has 1 aromatic rings. The first-order valence-corrected chi connectivity index (χ1v) is 8.34. The van der Waals surface area contributed by atoms with Crippen molar-refractivity contribution in [1.82, 2.24) is 15.3 Å². The van der Waals surface area contributed by atoms with Gasteiger partial charge >= 0.3 is 0 Å². The summed E-state index contributed by atoms with van der Waals surface area (Å²) in [6.45, 7) is 12.0. The van der Waals surface area contributed by atoms with Crippen molar-refractivity contribution in [2.45, 2.75) is 53.0 Å². The molecule has 1 aliphatic rings. The van der Waals surface area contributed by atoms with Crippen LogP contribution in [-0.2, 0) is 4.79 Å². The van der Waals surface area contributed by atoms with Crippen LogP contribution in [0.3, 0.4) is 0 Å². The first-order chi connectivity index (χ1) is 10.8. The molecule has 2 heterocycles. The van der Waals surface area contributed by atoms with Gasteiger partial charge in [0.25, 0.3) is 0 Å². The lowest BCUT2D eigenvalue weighted by atomic mass is 9.96. The number of carbonyl (C=O) groups is 1. The van der Waals surface area contributed by atoms with Gasteiger partial charge in [-0.3, -0.25) is 4.79 Å². The molecule has 1 aromatic heterocycles. The molecule has 1 aliphatic heterocycles. The molecule has 0 bridgehead atoms. The lowest BCUT2D eigenvalue weighted by molar-refractivity contribution is -0.126. The molecule has 128 valence electrons. The van der Waals surface area contributed by atoms with Crippen molar-refractivity contribution < 1.29 is 9.53 Å². The van der Waals surface area contributed by atoms with Crippen LogP contribution < -0.4 is 15.0 Å². The maximum absolute atomic E-state index is 12.4. The van der Waals surface area contributed by atoms with Gasteiger partial charge in [-0.2, -0.15) is 4.98 Å². The molecule has 1 N–H and O–H groups in total. The lowest BCUT2D eigenvalue weighted by Gasteiger charge is -2.34. The third-order valence-corrected chi connectivity index (χ3v) is 3.68. The summed E-state index contributed by atoms with van der Waals surface area (Å²) < 4.78 is 5.50. The number of ether oxygens (including phenoxy) is 1. The maximum atomic E-state index is 12.4. The zero-order chi connectivity index (χ0) is 17.0. The number of nitrogens with zero attached hydrogens (tertiary/aromatic N) is 3. The Morgan fingerprint density at radius 1 is 1.43 bits per heavy atom. The van der Waals surface area contributed by atoms with Crippen molar-refractivity contribution >= 4 is 11.9 Å². The monoisotopic (exact) mass is 320 g/mol. The molecule has 0 radical (unpaired) electrons. The van der Waals surface area contributed by atoms with E-state index in [0.717, 1.165) is 25.1 Å². The Kier molecular flexibility index (Phi) is 5.44. The predicted octanol–water partition coefficient (Wildman–Crippen LogP) is 2.31. The fourth-order valence-corrected chi connectivity index (χ4v) is 2.73. The van der Waals surface area contributed by atoms with Crippen LogP contribution in [0.15, 0.2) is 6.07 Å². The smallest absolute Gasteiger partial charge is 0.228 e. The number of nitrogens with one attached hydrogen (secondary N) is 1. The van der Waals surface area contributed by atoms with Gasteiger partial charge in [0, 0.05) is 30.4 Å². The summed E-state index contributed by atoms with van der Waals surface area (Å²) >= 11 is 0. The highest BCUT2D eigenvalue weighted by molar-refractivity contribution is 5.80. The molecule has 6 nitrogen and oxygen atoms in total. The van der Waals surface area contributed by atoms with E-state index in [2.05, 4.69) is 20.2 Å². The molecule has 0 aromatic carbocycles. The quantitative estimate of drug-likeness (QED) is 0.922. The SMILES string of the molecule is CCOc1cc(C)nc(N2CCC[C@H](C(=O)NC(C)(C)C)C2)n1. The van der Waals surface area contributed by atoms with Crippen molar-refractivity contribution in [3.05, 3.63) is 11.8 Å². The number of aryl methyl sites for hydroxylation is 1. The van der Waals surface area contributed by atoms with Gasteiger partial charge in [-0.1, -0.05) is 0 Å². The molecule has 0 spiro atoms. The molecule has 0 unspecified atom stereocenters. The first-order valence-electron chi connectivity index (χ1n) is 8.34. The van der Waals surface area contributed by atoms with E-state index in [1.807, 2.05) is 40.7 Å². The van der Waals surface area contributed by atoms with Gasteiger partial charge in [-0.15, -0.1) is 0 Å². The Hall–Kier alpha value is -1.85. The fourth-order valence-electron chi connectivity index (χ4n) is 2.73. The highest BCUT2D eigenvalue weighted by atomic mass is 16.5. The average molecular weight is 320 g/mol. The van der Waals surface area contributed by atoms with Crippen molar-refractivity contribution in [3.8, 4) is 5.88 Å². The van der Waals surface area contributed by atoms with E-state index < -0.39 is 0 Å². The van der Waals surface area contributed by atoms with Gasteiger partial charge in [-0.25, -0.2) is 4.98 Å². The van der Waals surface area contributed by atoms with Gasteiger partial charge in [0.1, 0.15) is 0 Å². The molecule has 2 rings (SSSR count). The molecular weight excluding hydrogens is 292 g/mol. The Balaban J connectivity index is 2.10. The maximum Gasteiger partial charge on any atom is 0.228 e. The summed E-state index contributed by atoms with van der Waals surface area (Å²) in [5.41, 5.74) is 0.668. The van der Waals surface area contributed by atoms with Crippen molar-refractivity contribution in [2.24, 2.45) is 5.92 Å². The van der Waals surface area contributed by atoms with E-state index >= 15 is 0 Å². The molecule has 1 fully saturated rings. The van der Waals surface area contributed by atoms with Crippen LogP contribution in [0.25, 0.3) is 0 Å². The second-order valence-corrected chi connectivity index (χ2v) is 7.10. The highest BCUT2D eigenvalue weighted by Crippen LogP contribution is 2.23. The number of anilines is 1. The number of piperidine rings is 1. The summed E-state index contributed by atoms with van der Waals surface area (Å²) in [5, 5.41) is 3.07. The minimum Gasteiger partial charge on any atom is -0.478 e. The Morgan fingerprint density at radius 2 is 2.17 bits per heavy atom. The number of rotatable bonds is 4.